The van der Waals surface area contributed by atoms with Crippen LogP contribution in [0.15, 0.2) is 42.7 Å². The first-order valence-corrected chi connectivity index (χ1v) is 10.9. The van der Waals surface area contributed by atoms with Gasteiger partial charge >= 0.3 is 0 Å². The molecule has 0 aliphatic carbocycles. The van der Waals surface area contributed by atoms with E-state index in [1.807, 2.05) is 24.4 Å². The SMILES string of the molecule is CCC(C)[C@H](c1nccn1Cc1ccccc1)N(C[C@@H](F)CN)C(=O)[C@@H]1CCCO1. The highest BCUT2D eigenvalue weighted by atomic mass is 19.1. The molecule has 2 N–H and O–H groups in total. The van der Waals surface area contributed by atoms with Crippen molar-refractivity contribution in [2.75, 3.05) is 19.7 Å². The first-order valence-electron chi connectivity index (χ1n) is 10.9. The molecule has 0 saturated carbocycles. The number of nitrogens with zero attached hydrogens (tertiary/aromatic N) is 3. The summed E-state index contributed by atoms with van der Waals surface area (Å²) in [5.74, 6) is 0.698. The second-order valence-electron chi connectivity index (χ2n) is 8.05. The molecule has 6 nitrogen and oxygen atoms in total. The van der Waals surface area contributed by atoms with Crippen molar-refractivity contribution < 1.29 is 13.9 Å². The van der Waals surface area contributed by atoms with Gasteiger partial charge in [0.2, 0.25) is 0 Å². The molecule has 1 aromatic heterocycles. The van der Waals surface area contributed by atoms with E-state index >= 15 is 0 Å². The summed E-state index contributed by atoms with van der Waals surface area (Å²) in [6.45, 7) is 5.19. The second kappa shape index (κ2) is 10.7. The third-order valence-electron chi connectivity index (χ3n) is 5.87. The van der Waals surface area contributed by atoms with Gasteiger partial charge in [-0.1, -0.05) is 50.6 Å². The maximum absolute atomic E-state index is 14.5. The summed E-state index contributed by atoms with van der Waals surface area (Å²) in [5, 5.41) is 0. The Labute approximate surface area is 178 Å². The molecule has 1 saturated heterocycles. The highest BCUT2D eigenvalue weighted by Gasteiger charge is 2.38. The van der Waals surface area contributed by atoms with E-state index in [9.17, 15) is 9.18 Å². The molecule has 4 atom stereocenters. The monoisotopic (exact) mass is 416 g/mol. The van der Waals surface area contributed by atoms with E-state index < -0.39 is 12.3 Å². The number of ether oxygens (including phenoxy) is 1. The molecule has 2 heterocycles. The smallest absolute Gasteiger partial charge is 0.252 e. The molecule has 0 bridgehead atoms. The Kier molecular flexibility index (Phi) is 7.99. The van der Waals surface area contributed by atoms with Crippen molar-refractivity contribution in [2.45, 2.75) is 58.0 Å². The van der Waals surface area contributed by atoms with Crippen LogP contribution in [-0.2, 0) is 16.1 Å². The van der Waals surface area contributed by atoms with Gasteiger partial charge in [-0.3, -0.25) is 4.79 Å². The first-order chi connectivity index (χ1) is 14.5. The van der Waals surface area contributed by atoms with E-state index in [4.69, 9.17) is 10.5 Å². The third-order valence-corrected chi connectivity index (χ3v) is 5.87. The Morgan fingerprint density at radius 1 is 1.40 bits per heavy atom. The van der Waals surface area contributed by atoms with Crippen LogP contribution in [0, 0.1) is 5.92 Å². The van der Waals surface area contributed by atoms with E-state index in [1.54, 1.807) is 11.1 Å². The minimum absolute atomic E-state index is 0.0532. The normalized spacial score (nSPS) is 19.4. The van der Waals surface area contributed by atoms with Crippen molar-refractivity contribution in [1.29, 1.82) is 0 Å². The number of hydrogen-bond donors (Lipinski definition) is 1. The van der Waals surface area contributed by atoms with Crippen molar-refractivity contribution in [3.05, 3.63) is 54.1 Å². The Morgan fingerprint density at radius 3 is 2.80 bits per heavy atom. The lowest BCUT2D eigenvalue weighted by Crippen LogP contribution is -2.48. The van der Waals surface area contributed by atoms with E-state index in [0.717, 1.165) is 24.2 Å². The Balaban J connectivity index is 1.96. The number of halogens is 1. The Morgan fingerprint density at radius 2 is 2.17 bits per heavy atom. The van der Waals surface area contributed by atoms with Gasteiger partial charge in [0, 0.05) is 32.1 Å². The average Bonchev–Trinajstić information content (AvgIpc) is 3.46. The number of benzene rings is 1. The van der Waals surface area contributed by atoms with Crippen LogP contribution in [-0.4, -0.2) is 52.3 Å². The van der Waals surface area contributed by atoms with Crippen LogP contribution >= 0.6 is 0 Å². The lowest BCUT2D eigenvalue weighted by Gasteiger charge is -2.37. The maximum Gasteiger partial charge on any atom is 0.252 e. The fourth-order valence-electron chi connectivity index (χ4n) is 4.01. The number of carbonyl (C=O) groups is 1. The molecular formula is C23H33FN4O2. The average molecular weight is 417 g/mol. The molecule has 2 aromatic rings. The zero-order chi connectivity index (χ0) is 21.5. The fraction of sp³-hybridized carbons (Fsp3) is 0.565. The highest BCUT2D eigenvalue weighted by molar-refractivity contribution is 5.81. The number of nitrogens with two attached hydrogens (primary N) is 1. The van der Waals surface area contributed by atoms with E-state index in [0.29, 0.717) is 19.6 Å². The van der Waals surface area contributed by atoms with Gasteiger partial charge in [-0.25, -0.2) is 9.37 Å². The molecule has 164 valence electrons. The van der Waals surface area contributed by atoms with Crippen molar-refractivity contribution in [3.63, 3.8) is 0 Å². The molecule has 7 heteroatoms. The van der Waals surface area contributed by atoms with Crippen LogP contribution in [0.5, 0.6) is 0 Å². The van der Waals surface area contributed by atoms with Crippen LogP contribution in [0.2, 0.25) is 0 Å². The quantitative estimate of drug-likeness (QED) is 0.645. The fourth-order valence-corrected chi connectivity index (χ4v) is 4.01. The Bertz CT molecular complexity index is 792. The summed E-state index contributed by atoms with van der Waals surface area (Å²) in [6, 6.07) is 9.75. The van der Waals surface area contributed by atoms with Gasteiger partial charge < -0.3 is 19.9 Å². The maximum atomic E-state index is 14.5. The van der Waals surface area contributed by atoms with Gasteiger partial charge in [0.1, 0.15) is 18.1 Å². The van der Waals surface area contributed by atoms with Crippen LogP contribution in [0.3, 0.4) is 0 Å². The van der Waals surface area contributed by atoms with Crippen molar-refractivity contribution >= 4 is 5.91 Å². The molecular weight excluding hydrogens is 383 g/mol. The lowest BCUT2D eigenvalue weighted by molar-refractivity contribution is -0.146. The number of imidazole rings is 1. The predicted octanol–water partition coefficient (Wildman–Crippen LogP) is 3.32. The van der Waals surface area contributed by atoms with Gasteiger partial charge in [0.05, 0.1) is 12.6 Å². The van der Waals surface area contributed by atoms with E-state index in [1.165, 1.54) is 0 Å². The molecule has 1 fully saturated rings. The number of aromatic nitrogens is 2. The molecule has 0 spiro atoms. The number of rotatable bonds is 10. The summed E-state index contributed by atoms with van der Waals surface area (Å²) < 4.78 is 22.2. The van der Waals surface area contributed by atoms with Gasteiger partial charge in [-0.05, 0) is 24.3 Å². The minimum atomic E-state index is -1.29. The zero-order valence-corrected chi connectivity index (χ0v) is 17.9. The van der Waals surface area contributed by atoms with Crippen LogP contribution in [0.25, 0.3) is 0 Å². The molecule has 0 radical (unpaired) electrons. The lowest BCUT2D eigenvalue weighted by atomic mass is 9.95. The molecule has 1 aromatic carbocycles. The molecule has 30 heavy (non-hydrogen) atoms. The third kappa shape index (κ3) is 5.26. The Hall–Kier alpha value is -2.25. The van der Waals surface area contributed by atoms with Crippen LogP contribution in [0.4, 0.5) is 4.39 Å². The summed E-state index contributed by atoms with van der Waals surface area (Å²) in [7, 11) is 0. The topological polar surface area (TPSA) is 73.4 Å². The zero-order valence-electron chi connectivity index (χ0n) is 17.9. The van der Waals surface area contributed by atoms with Gasteiger partial charge in [0.15, 0.2) is 0 Å². The standard InChI is InChI=1S/C23H33FN4O2/c1-3-17(2)21(22-26-11-12-27(22)15-18-8-5-4-6-9-18)28(16-19(24)14-25)23(29)20-10-7-13-30-20/h4-6,8-9,11-12,17,19-21H,3,7,10,13-16,25H2,1-2H3/t17?,19-,20-,21+/m0/s1. The van der Waals surface area contributed by atoms with Crippen LogP contribution in [0.1, 0.15) is 50.5 Å². The van der Waals surface area contributed by atoms with Crippen molar-refractivity contribution in [1.82, 2.24) is 14.5 Å². The summed E-state index contributed by atoms with van der Waals surface area (Å²) in [6.07, 6.45) is 4.20. The molecule has 1 unspecified atom stereocenters. The van der Waals surface area contributed by atoms with Gasteiger partial charge in [-0.15, -0.1) is 0 Å². The minimum Gasteiger partial charge on any atom is -0.368 e. The first kappa shape index (κ1) is 22.4. The summed E-state index contributed by atoms with van der Waals surface area (Å²) >= 11 is 0. The predicted molar refractivity (Wildman–Crippen MR) is 115 cm³/mol. The van der Waals surface area contributed by atoms with E-state index in [-0.39, 0.29) is 31.0 Å². The number of alkyl halides is 1. The molecule has 3 rings (SSSR count). The number of carbonyl (C=O) groups excluding carboxylic acids is 1. The number of hydrogen-bond acceptors (Lipinski definition) is 4. The highest BCUT2D eigenvalue weighted by Crippen LogP contribution is 2.32. The van der Waals surface area contributed by atoms with E-state index in [2.05, 4.69) is 35.5 Å². The molecule has 1 aliphatic rings. The van der Waals surface area contributed by atoms with Crippen molar-refractivity contribution in [3.8, 4) is 0 Å². The molecule has 1 aliphatic heterocycles. The van der Waals surface area contributed by atoms with Crippen molar-refractivity contribution in [2.24, 2.45) is 11.7 Å². The summed E-state index contributed by atoms with van der Waals surface area (Å²) in [5.41, 5.74) is 6.71. The summed E-state index contributed by atoms with van der Waals surface area (Å²) in [4.78, 5) is 19.6. The van der Waals surface area contributed by atoms with Crippen LogP contribution < -0.4 is 5.73 Å². The molecule has 1 amide bonds. The van der Waals surface area contributed by atoms with Gasteiger partial charge in [0.25, 0.3) is 5.91 Å². The second-order valence-corrected chi connectivity index (χ2v) is 8.05. The van der Waals surface area contributed by atoms with Gasteiger partial charge in [-0.2, -0.15) is 0 Å². The number of amides is 1. The largest absolute Gasteiger partial charge is 0.368 e.